The molecule has 0 radical (unpaired) electrons. The Bertz CT molecular complexity index is 1130. The fraction of sp³-hybridized carbons (Fsp3) is 0.292. The lowest BCUT2D eigenvalue weighted by molar-refractivity contribution is 0.210. The molecule has 9 heteroatoms. The molecule has 3 rings (SSSR count). The number of primary amides is 1. The lowest BCUT2D eigenvalue weighted by Gasteiger charge is -2.26. The summed E-state index contributed by atoms with van der Waals surface area (Å²) >= 11 is 12.0. The Morgan fingerprint density at radius 3 is 2.64 bits per heavy atom. The summed E-state index contributed by atoms with van der Waals surface area (Å²) in [5.41, 5.74) is 8.87. The number of rotatable bonds is 8. The van der Waals surface area contributed by atoms with E-state index in [2.05, 4.69) is 47.4 Å². The smallest absolute Gasteiger partial charge is 0.409 e. The zero-order valence-electron chi connectivity index (χ0n) is 18.8. The molecule has 0 unspecified atom stereocenters. The van der Waals surface area contributed by atoms with Crippen LogP contribution in [0.1, 0.15) is 38.3 Å². The van der Waals surface area contributed by atoms with Gasteiger partial charge < -0.3 is 21.1 Å². The van der Waals surface area contributed by atoms with Crippen LogP contribution in [0.4, 0.5) is 22.0 Å². The molecule has 1 aromatic heterocycles. The van der Waals surface area contributed by atoms with E-state index in [1.54, 1.807) is 6.07 Å². The predicted octanol–water partition coefficient (Wildman–Crippen LogP) is 6.33. The van der Waals surface area contributed by atoms with Crippen molar-refractivity contribution in [3.8, 4) is 5.75 Å². The van der Waals surface area contributed by atoms with Gasteiger partial charge in [0.05, 0.1) is 6.20 Å². The number of anilines is 3. The molecule has 0 atom stereocenters. The highest BCUT2D eigenvalue weighted by Crippen LogP contribution is 2.37. The molecule has 4 N–H and O–H groups in total. The van der Waals surface area contributed by atoms with Gasteiger partial charge in [0.1, 0.15) is 10.8 Å². The molecule has 1 amide bonds. The maximum absolute atomic E-state index is 11.3. The van der Waals surface area contributed by atoms with Gasteiger partial charge in [0.25, 0.3) is 0 Å². The molecule has 3 aromatic rings. The molecule has 0 aliphatic carbocycles. The highest BCUT2D eigenvalue weighted by molar-refractivity contribution is 6.33. The minimum absolute atomic E-state index is 0.129. The number of halogens is 2. The van der Waals surface area contributed by atoms with E-state index in [-0.39, 0.29) is 10.7 Å². The number of benzene rings is 2. The number of nitrogens with zero attached hydrogens (tertiary/aromatic N) is 2. The van der Waals surface area contributed by atoms with Crippen LogP contribution in [0.3, 0.4) is 0 Å². The van der Waals surface area contributed by atoms with Crippen LogP contribution in [0.15, 0.2) is 48.7 Å². The van der Waals surface area contributed by atoms with Crippen LogP contribution in [0, 0.1) is 0 Å². The monoisotopic (exact) mass is 487 g/mol. The normalized spacial score (nSPS) is 11.2. The molecule has 1 heterocycles. The molecule has 0 spiro atoms. The summed E-state index contributed by atoms with van der Waals surface area (Å²) in [6.45, 7) is 6.94. The van der Waals surface area contributed by atoms with E-state index >= 15 is 0 Å². The number of nitrogens with one attached hydrogen (secondary N) is 2. The lowest BCUT2D eigenvalue weighted by atomic mass is 9.85. The van der Waals surface area contributed by atoms with Gasteiger partial charge in [-0.25, -0.2) is 9.78 Å². The van der Waals surface area contributed by atoms with Crippen molar-refractivity contribution in [3.05, 3.63) is 70.1 Å². The molecular formula is C24H27Cl2N5O2. The summed E-state index contributed by atoms with van der Waals surface area (Å²) in [5, 5.41) is 7.18. The second kappa shape index (κ2) is 10.7. The van der Waals surface area contributed by atoms with Gasteiger partial charge in [0, 0.05) is 23.5 Å². The lowest BCUT2D eigenvalue weighted by Crippen LogP contribution is -2.22. The van der Waals surface area contributed by atoms with E-state index in [1.807, 2.05) is 30.3 Å². The van der Waals surface area contributed by atoms with Crippen molar-refractivity contribution >= 4 is 46.5 Å². The van der Waals surface area contributed by atoms with Crippen molar-refractivity contribution in [2.45, 2.75) is 39.0 Å². The minimum Gasteiger partial charge on any atom is -0.410 e. The van der Waals surface area contributed by atoms with Crippen molar-refractivity contribution < 1.29 is 9.53 Å². The Hall–Kier alpha value is -3.03. The number of amides is 1. The quantitative estimate of drug-likeness (QED) is 0.253. The van der Waals surface area contributed by atoms with Crippen molar-refractivity contribution in [2.75, 3.05) is 17.2 Å². The maximum atomic E-state index is 11.3. The Labute approximate surface area is 203 Å². The van der Waals surface area contributed by atoms with Crippen molar-refractivity contribution in [2.24, 2.45) is 5.73 Å². The van der Waals surface area contributed by atoms with Crippen molar-refractivity contribution in [1.29, 1.82) is 0 Å². The van der Waals surface area contributed by atoms with E-state index in [4.69, 9.17) is 33.7 Å². The minimum atomic E-state index is -0.823. The zero-order valence-corrected chi connectivity index (χ0v) is 20.3. The molecule has 0 bridgehead atoms. The largest absolute Gasteiger partial charge is 0.410 e. The Kier molecular flexibility index (Phi) is 8.00. The van der Waals surface area contributed by atoms with Crippen LogP contribution in [-0.4, -0.2) is 22.6 Å². The highest BCUT2D eigenvalue weighted by Gasteiger charge is 2.23. The first kappa shape index (κ1) is 24.6. The summed E-state index contributed by atoms with van der Waals surface area (Å²) in [7, 11) is 0. The first-order chi connectivity index (χ1) is 15.6. The molecule has 0 saturated heterocycles. The van der Waals surface area contributed by atoms with Gasteiger partial charge in [-0.1, -0.05) is 50.6 Å². The molecular weight excluding hydrogens is 461 g/mol. The second-order valence-corrected chi connectivity index (χ2v) is 9.29. The van der Waals surface area contributed by atoms with E-state index in [0.717, 1.165) is 36.3 Å². The highest BCUT2D eigenvalue weighted by atomic mass is 35.5. The topological polar surface area (TPSA) is 102 Å². The summed E-state index contributed by atoms with van der Waals surface area (Å²) < 4.78 is 5.23. The summed E-state index contributed by atoms with van der Waals surface area (Å²) in [4.78, 5) is 19.3. The standard InChI is InChI=1S/C24H27Cl2N5O2/c1-24(2,3)20-18(10-5-11-19(20)33-23(27)32)28-12-6-8-15-7-4-9-16(13-15)30-21-17(25)14-29-22(26)31-21/h4-5,7,9-11,13-14,28H,6,8,12H2,1-3H3,(H2,27,32)(H,29,30,31). The third-order valence-electron chi connectivity index (χ3n) is 4.85. The third kappa shape index (κ3) is 6.97. The average Bonchev–Trinajstić information content (AvgIpc) is 2.73. The molecule has 0 fully saturated rings. The number of hydrogen-bond acceptors (Lipinski definition) is 6. The van der Waals surface area contributed by atoms with Crippen LogP contribution >= 0.6 is 23.2 Å². The first-order valence-electron chi connectivity index (χ1n) is 10.5. The second-order valence-electron chi connectivity index (χ2n) is 8.54. The van der Waals surface area contributed by atoms with E-state index in [0.29, 0.717) is 16.6 Å². The van der Waals surface area contributed by atoms with Gasteiger partial charge in [-0.15, -0.1) is 0 Å². The number of nitrogens with two attached hydrogens (primary N) is 1. The number of aromatic nitrogens is 2. The van der Waals surface area contributed by atoms with Crippen LogP contribution < -0.4 is 21.1 Å². The van der Waals surface area contributed by atoms with Gasteiger partial charge in [-0.05, 0) is 59.7 Å². The van der Waals surface area contributed by atoms with Gasteiger partial charge in [-0.2, -0.15) is 4.98 Å². The number of carbonyl (C=O) groups is 1. The van der Waals surface area contributed by atoms with Gasteiger partial charge >= 0.3 is 6.09 Å². The van der Waals surface area contributed by atoms with E-state index in [1.165, 1.54) is 11.8 Å². The molecule has 33 heavy (non-hydrogen) atoms. The number of aryl methyl sites for hydroxylation is 1. The Morgan fingerprint density at radius 1 is 1.15 bits per heavy atom. The van der Waals surface area contributed by atoms with Gasteiger partial charge in [0.2, 0.25) is 5.28 Å². The maximum Gasteiger partial charge on any atom is 0.409 e. The molecule has 0 aliphatic heterocycles. The first-order valence-corrected chi connectivity index (χ1v) is 11.3. The van der Waals surface area contributed by atoms with E-state index in [9.17, 15) is 4.79 Å². The third-order valence-corrected chi connectivity index (χ3v) is 5.31. The zero-order chi connectivity index (χ0) is 24.0. The van der Waals surface area contributed by atoms with Crippen LogP contribution in [0.2, 0.25) is 10.3 Å². The van der Waals surface area contributed by atoms with Crippen LogP contribution in [-0.2, 0) is 11.8 Å². The summed E-state index contributed by atoms with van der Waals surface area (Å²) in [5.74, 6) is 0.936. The average molecular weight is 488 g/mol. The molecule has 0 aliphatic rings. The summed E-state index contributed by atoms with van der Waals surface area (Å²) in [6, 6.07) is 13.6. The number of hydrogen-bond donors (Lipinski definition) is 3. The van der Waals surface area contributed by atoms with Crippen molar-refractivity contribution in [3.63, 3.8) is 0 Å². The molecule has 0 saturated carbocycles. The number of ether oxygens (including phenoxy) is 1. The fourth-order valence-electron chi connectivity index (χ4n) is 3.54. The van der Waals surface area contributed by atoms with E-state index < -0.39 is 6.09 Å². The van der Waals surface area contributed by atoms with Crippen molar-refractivity contribution in [1.82, 2.24) is 9.97 Å². The molecule has 7 nitrogen and oxygen atoms in total. The van der Waals surface area contributed by atoms with Crippen LogP contribution in [0.5, 0.6) is 5.75 Å². The Balaban J connectivity index is 1.63. The fourth-order valence-corrected chi connectivity index (χ4v) is 3.81. The predicted molar refractivity (Wildman–Crippen MR) is 134 cm³/mol. The molecule has 174 valence electrons. The summed E-state index contributed by atoms with van der Waals surface area (Å²) in [6.07, 6.45) is 2.40. The van der Waals surface area contributed by atoms with Gasteiger partial charge in [0.15, 0.2) is 5.82 Å². The molecule has 2 aromatic carbocycles. The Morgan fingerprint density at radius 2 is 1.91 bits per heavy atom. The van der Waals surface area contributed by atoms with Gasteiger partial charge in [-0.3, -0.25) is 0 Å². The van der Waals surface area contributed by atoms with Crippen LogP contribution in [0.25, 0.3) is 0 Å². The SMILES string of the molecule is CC(C)(C)c1c(NCCCc2cccc(Nc3nc(Cl)ncc3Cl)c2)cccc1OC(N)=O. The number of carbonyl (C=O) groups excluding carboxylic acids is 1.